The van der Waals surface area contributed by atoms with Crippen molar-refractivity contribution in [1.29, 1.82) is 0 Å². The van der Waals surface area contributed by atoms with E-state index in [0.717, 1.165) is 51.7 Å². The third-order valence-corrected chi connectivity index (χ3v) is 6.12. The van der Waals surface area contributed by atoms with Crippen LogP contribution in [0.1, 0.15) is 77.0 Å². The monoisotopic (exact) mass is 368 g/mol. The first-order chi connectivity index (χ1) is 12.7. The maximum Gasteiger partial charge on any atom is 0.309 e. The summed E-state index contributed by atoms with van der Waals surface area (Å²) < 4.78 is 16.8. The van der Waals surface area contributed by atoms with Gasteiger partial charge in [0, 0.05) is 13.2 Å². The number of hydrogen-bond acceptors (Lipinski definition) is 5. The summed E-state index contributed by atoms with van der Waals surface area (Å²) in [6.07, 6.45) is 13.2. The Bertz CT molecular complexity index is 427. The van der Waals surface area contributed by atoms with Gasteiger partial charge in [-0.25, -0.2) is 0 Å². The number of hydrogen-bond donors (Lipinski definition) is 1. The average Bonchev–Trinajstić information content (AvgIpc) is 3.42. The van der Waals surface area contributed by atoms with Gasteiger partial charge in [0.15, 0.2) is 0 Å². The van der Waals surface area contributed by atoms with E-state index in [1.165, 1.54) is 32.1 Å². The van der Waals surface area contributed by atoms with Crippen LogP contribution < -0.4 is 0 Å². The highest BCUT2D eigenvalue weighted by molar-refractivity contribution is 5.72. The van der Waals surface area contributed by atoms with Gasteiger partial charge in [-0.3, -0.25) is 4.79 Å². The SMILES string of the molecule is O=C(OCCCCCCCOCC1CCC2OC2C1)C1CCCC(O)C1. The molecule has 0 spiro atoms. The molecule has 3 aliphatic rings. The van der Waals surface area contributed by atoms with E-state index in [0.29, 0.717) is 31.2 Å². The van der Waals surface area contributed by atoms with E-state index in [9.17, 15) is 9.90 Å². The molecule has 0 aromatic carbocycles. The van der Waals surface area contributed by atoms with Gasteiger partial charge in [-0.1, -0.05) is 25.7 Å². The zero-order chi connectivity index (χ0) is 18.2. The summed E-state index contributed by atoms with van der Waals surface area (Å²) in [6, 6.07) is 0. The van der Waals surface area contributed by atoms with Crippen molar-refractivity contribution in [2.24, 2.45) is 11.8 Å². The number of carbonyl (C=O) groups is 1. The lowest BCUT2D eigenvalue weighted by atomic mass is 9.87. The van der Waals surface area contributed by atoms with Crippen LogP contribution in [0.5, 0.6) is 0 Å². The lowest BCUT2D eigenvalue weighted by Crippen LogP contribution is -2.27. The highest BCUT2D eigenvalue weighted by Crippen LogP contribution is 2.39. The molecule has 5 unspecified atom stereocenters. The lowest BCUT2D eigenvalue weighted by Gasteiger charge is -2.24. The molecule has 0 aromatic heterocycles. The standard InChI is InChI=1S/C21H36O5/c22-18-8-6-7-17(14-18)21(23)25-12-5-3-1-2-4-11-24-15-16-9-10-19-20(13-16)26-19/h16-20,22H,1-15H2. The summed E-state index contributed by atoms with van der Waals surface area (Å²) in [6.45, 7) is 2.29. The highest BCUT2D eigenvalue weighted by Gasteiger charge is 2.43. The van der Waals surface area contributed by atoms with Crippen molar-refractivity contribution in [3.05, 3.63) is 0 Å². The first-order valence-electron chi connectivity index (χ1n) is 10.8. The maximum absolute atomic E-state index is 11.9. The van der Waals surface area contributed by atoms with Gasteiger partial charge in [0.1, 0.15) is 0 Å². The van der Waals surface area contributed by atoms with Crippen molar-refractivity contribution >= 4 is 5.97 Å². The van der Waals surface area contributed by atoms with E-state index in [-0.39, 0.29) is 18.0 Å². The molecule has 0 aromatic rings. The molecule has 1 saturated heterocycles. The minimum atomic E-state index is -0.319. The molecular weight excluding hydrogens is 332 g/mol. The smallest absolute Gasteiger partial charge is 0.309 e. The average molecular weight is 369 g/mol. The van der Waals surface area contributed by atoms with Gasteiger partial charge in [-0.2, -0.15) is 0 Å². The lowest BCUT2D eigenvalue weighted by molar-refractivity contribution is -0.151. The Morgan fingerprint density at radius 1 is 0.923 bits per heavy atom. The van der Waals surface area contributed by atoms with Crippen LogP contribution in [0.2, 0.25) is 0 Å². The molecule has 0 bridgehead atoms. The molecule has 150 valence electrons. The van der Waals surface area contributed by atoms with E-state index < -0.39 is 0 Å². The Morgan fingerprint density at radius 2 is 1.73 bits per heavy atom. The molecule has 3 fully saturated rings. The van der Waals surface area contributed by atoms with Crippen LogP contribution >= 0.6 is 0 Å². The maximum atomic E-state index is 11.9. The van der Waals surface area contributed by atoms with Crippen LogP contribution in [0.4, 0.5) is 0 Å². The molecular formula is C21H36O5. The quantitative estimate of drug-likeness (QED) is 0.343. The minimum absolute atomic E-state index is 0.0857. The first-order valence-corrected chi connectivity index (χ1v) is 10.8. The fourth-order valence-electron chi connectivity index (χ4n) is 4.39. The summed E-state index contributed by atoms with van der Waals surface area (Å²) in [7, 11) is 0. The Labute approximate surface area is 157 Å². The van der Waals surface area contributed by atoms with Crippen LogP contribution in [0.3, 0.4) is 0 Å². The molecule has 26 heavy (non-hydrogen) atoms. The largest absolute Gasteiger partial charge is 0.465 e. The van der Waals surface area contributed by atoms with Crippen molar-refractivity contribution in [3.63, 3.8) is 0 Å². The van der Waals surface area contributed by atoms with Crippen molar-refractivity contribution in [3.8, 4) is 0 Å². The Balaban J connectivity index is 1.08. The number of ether oxygens (including phenoxy) is 3. The molecule has 1 N–H and O–H groups in total. The second kappa shape index (κ2) is 10.6. The zero-order valence-electron chi connectivity index (χ0n) is 16.1. The van der Waals surface area contributed by atoms with Gasteiger partial charge < -0.3 is 19.3 Å². The van der Waals surface area contributed by atoms with Crippen LogP contribution in [0.15, 0.2) is 0 Å². The third-order valence-electron chi connectivity index (χ3n) is 6.12. The second-order valence-corrected chi connectivity index (χ2v) is 8.42. The van der Waals surface area contributed by atoms with Gasteiger partial charge in [0.25, 0.3) is 0 Å². The number of aliphatic hydroxyl groups is 1. The molecule has 1 aliphatic heterocycles. The van der Waals surface area contributed by atoms with Gasteiger partial charge in [-0.15, -0.1) is 0 Å². The predicted molar refractivity (Wildman–Crippen MR) is 98.8 cm³/mol. The summed E-state index contributed by atoms with van der Waals surface area (Å²) >= 11 is 0. The minimum Gasteiger partial charge on any atom is -0.465 e. The van der Waals surface area contributed by atoms with Crippen molar-refractivity contribution in [1.82, 2.24) is 0 Å². The first kappa shape index (κ1) is 20.1. The van der Waals surface area contributed by atoms with E-state index in [4.69, 9.17) is 14.2 Å². The number of aliphatic hydroxyl groups excluding tert-OH is 1. The summed E-state index contributed by atoms with van der Waals surface area (Å²) in [5.41, 5.74) is 0. The number of esters is 1. The van der Waals surface area contributed by atoms with Crippen molar-refractivity contribution in [2.75, 3.05) is 19.8 Å². The van der Waals surface area contributed by atoms with Crippen LogP contribution in [-0.4, -0.2) is 49.2 Å². The Morgan fingerprint density at radius 3 is 2.54 bits per heavy atom. The van der Waals surface area contributed by atoms with E-state index in [1.54, 1.807) is 0 Å². The summed E-state index contributed by atoms with van der Waals surface area (Å²) in [5, 5.41) is 9.62. The van der Waals surface area contributed by atoms with Crippen LogP contribution in [0, 0.1) is 11.8 Å². The van der Waals surface area contributed by atoms with E-state index >= 15 is 0 Å². The normalized spacial score (nSPS) is 33.5. The van der Waals surface area contributed by atoms with Gasteiger partial charge in [0.05, 0.1) is 30.8 Å². The van der Waals surface area contributed by atoms with Crippen molar-refractivity contribution < 1.29 is 24.1 Å². The van der Waals surface area contributed by atoms with E-state index in [1.807, 2.05) is 0 Å². The molecule has 0 radical (unpaired) electrons. The molecule has 2 aliphatic carbocycles. The molecule has 0 amide bonds. The number of epoxide rings is 1. The molecule has 1 heterocycles. The fourth-order valence-corrected chi connectivity index (χ4v) is 4.39. The van der Waals surface area contributed by atoms with Crippen LogP contribution in [-0.2, 0) is 19.0 Å². The summed E-state index contributed by atoms with van der Waals surface area (Å²) in [5.74, 6) is 0.513. The summed E-state index contributed by atoms with van der Waals surface area (Å²) in [4.78, 5) is 11.9. The van der Waals surface area contributed by atoms with E-state index in [2.05, 4.69) is 0 Å². The predicted octanol–water partition coefficient (Wildman–Crippen LogP) is 3.62. The number of unbranched alkanes of at least 4 members (excludes halogenated alkanes) is 4. The number of fused-ring (bicyclic) bond motifs is 1. The van der Waals surface area contributed by atoms with Crippen LogP contribution in [0.25, 0.3) is 0 Å². The Kier molecular flexibility index (Phi) is 8.21. The molecule has 5 heteroatoms. The number of carbonyl (C=O) groups excluding carboxylic acids is 1. The van der Waals surface area contributed by atoms with Gasteiger partial charge in [-0.05, 0) is 57.3 Å². The van der Waals surface area contributed by atoms with Crippen molar-refractivity contribution in [2.45, 2.75) is 95.4 Å². The third kappa shape index (κ3) is 6.82. The highest BCUT2D eigenvalue weighted by atomic mass is 16.6. The van der Waals surface area contributed by atoms with Gasteiger partial charge >= 0.3 is 5.97 Å². The fraction of sp³-hybridized carbons (Fsp3) is 0.952. The Hall–Kier alpha value is -0.650. The van der Waals surface area contributed by atoms with Gasteiger partial charge in [0.2, 0.25) is 0 Å². The molecule has 2 saturated carbocycles. The topological polar surface area (TPSA) is 68.3 Å². The number of rotatable bonds is 11. The molecule has 5 atom stereocenters. The molecule has 5 nitrogen and oxygen atoms in total. The second-order valence-electron chi connectivity index (χ2n) is 8.42. The zero-order valence-corrected chi connectivity index (χ0v) is 16.1. The molecule has 3 rings (SSSR count).